The molecule has 4 heteroatoms. The SMILES string of the molecule is COc1cccc(CC(=O)C2CCOC3(CCSC3)C2)c1. The van der Waals surface area contributed by atoms with Gasteiger partial charge in [-0.05, 0) is 42.7 Å². The minimum absolute atomic E-state index is 0.0162. The maximum absolute atomic E-state index is 12.6. The Morgan fingerprint density at radius 2 is 2.43 bits per heavy atom. The van der Waals surface area contributed by atoms with E-state index in [1.807, 2.05) is 36.0 Å². The highest BCUT2D eigenvalue weighted by Crippen LogP contribution is 2.40. The van der Waals surface area contributed by atoms with E-state index in [1.54, 1.807) is 7.11 Å². The summed E-state index contributed by atoms with van der Waals surface area (Å²) in [6, 6.07) is 7.81. The molecule has 1 aromatic rings. The summed E-state index contributed by atoms with van der Waals surface area (Å²) in [7, 11) is 1.65. The van der Waals surface area contributed by atoms with Crippen molar-refractivity contribution in [1.82, 2.24) is 0 Å². The fourth-order valence-corrected chi connectivity index (χ4v) is 4.67. The highest BCUT2D eigenvalue weighted by Gasteiger charge is 2.42. The number of thioether (sulfide) groups is 1. The molecule has 114 valence electrons. The summed E-state index contributed by atoms with van der Waals surface area (Å²) in [5.41, 5.74) is 1.03. The molecular formula is C17H22O3S. The van der Waals surface area contributed by atoms with Crippen molar-refractivity contribution >= 4 is 17.5 Å². The van der Waals surface area contributed by atoms with Crippen molar-refractivity contribution in [3.63, 3.8) is 0 Å². The predicted molar refractivity (Wildman–Crippen MR) is 85.1 cm³/mol. The average Bonchev–Trinajstić information content (AvgIpc) is 2.95. The zero-order chi connectivity index (χ0) is 14.7. The van der Waals surface area contributed by atoms with Crippen molar-refractivity contribution in [2.45, 2.75) is 31.3 Å². The van der Waals surface area contributed by atoms with Crippen molar-refractivity contribution in [1.29, 1.82) is 0 Å². The van der Waals surface area contributed by atoms with Gasteiger partial charge in [0.25, 0.3) is 0 Å². The smallest absolute Gasteiger partial charge is 0.140 e. The second-order valence-corrected chi connectivity index (χ2v) is 7.12. The van der Waals surface area contributed by atoms with E-state index in [4.69, 9.17) is 9.47 Å². The molecule has 1 aromatic carbocycles. The van der Waals surface area contributed by atoms with Gasteiger partial charge in [-0.1, -0.05) is 12.1 Å². The van der Waals surface area contributed by atoms with Crippen LogP contribution in [0.25, 0.3) is 0 Å². The van der Waals surface area contributed by atoms with Gasteiger partial charge < -0.3 is 9.47 Å². The lowest BCUT2D eigenvalue weighted by Gasteiger charge is -2.37. The second kappa shape index (κ2) is 6.41. The van der Waals surface area contributed by atoms with Crippen LogP contribution in [-0.2, 0) is 16.0 Å². The molecular weight excluding hydrogens is 284 g/mol. The van der Waals surface area contributed by atoms with Crippen LogP contribution in [0.5, 0.6) is 5.75 Å². The molecule has 0 aromatic heterocycles. The van der Waals surface area contributed by atoms with Crippen LogP contribution in [0.15, 0.2) is 24.3 Å². The normalized spacial score (nSPS) is 28.7. The maximum Gasteiger partial charge on any atom is 0.140 e. The van der Waals surface area contributed by atoms with Crippen LogP contribution in [0.2, 0.25) is 0 Å². The largest absolute Gasteiger partial charge is 0.497 e. The van der Waals surface area contributed by atoms with Crippen LogP contribution in [0.4, 0.5) is 0 Å². The molecule has 2 aliphatic rings. The summed E-state index contributed by atoms with van der Waals surface area (Å²) in [6.07, 6.45) is 3.38. The fraction of sp³-hybridized carbons (Fsp3) is 0.588. The van der Waals surface area contributed by atoms with Crippen LogP contribution < -0.4 is 4.74 Å². The topological polar surface area (TPSA) is 35.5 Å². The van der Waals surface area contributed by atoms with Gasteiger partial charge in [0.2, 0.25) is 0 Å². The lowest BCUT2D eigenvalue weighted by atomic mass is 9.81. The summed E-state index contributed by atoms with van der Waals surface area (Å²) >= 11 is 1.95. The standard InChI is InChI=1S/C17H22O3S/c1-19-15-4-2-3-13(9-15)10-16(18)14-5-7-20-17(11-14)6-8-21-12-17/h2-4,9,14H,5-8,10-12H2,1H3. The summed E-state index contributed by atoms with van der Waals surface area (Å²) < 4.78 is 11.2. The number of carbonyl (C=O) groups excluding carboxylic acids is 1. The van der Waals surface area contributed by atoms with E-state index in [2.05, 4.69) is 0 Å². The Morgan fingerprint density at radius 1 is 1.52 bits per heavy atom. The van der Waals surface area contributed by atoms with Gasteiger partial charge in [-0.3, -0.25) is 4.79 Å². The molecule has 0 radical (unpaired) electrons. The number of carbonyl (C=O) groups is 1. The molecule has 3 rings (SSSR count). The van der Waals surface area contributed by atoms with Crippen LogP contribution in [0, 0.1) is 5.92 Å². The highest BCUT2D eigenvalue weighted by molar-refractivity contribution is 7.99. The average molecular weight is 306 g/mol. The van der Waals surface area contributed by atoms with Gasteiger partial charge in [0.15, 0.2) is 0 Å². The highest BCUT2D eigenvalue weighted by atomic mass is 32.2. The lowest BCUT2D eigenvalue weighted by Crippen LogP contribution is -2.42. The Morgan fingerprint density at radius 3 is 3.19 bits per heavy atom. The summed E-state index contributed by atoms with van der Waals surface area (Å²) in [5.74, 6) is 3.54. The molecule has 21 heavy (non-hydrogen) atoms. The number of ketones is 1. The van der Waals surface area contributed by atoms with E-state index in [-0.39, 0.29) is 11.5 Å². The zero-order valence-electron chi connectivity index (χ0n) is 12.5. The summed E-state index contributed by atoms with van der Waals surface area (Å²) in [6.45, 7) is 0.731. The molecule has 2 saturated heterocycles. The number of Topliss-reactive ketones (excluding diaryl/α,β-unsaturated/α-hetero) is 1. The third kappa shape index (κ3) is 3.43. The third-order valence-electron chi connectivity index (χ3n) is 4.53. The van der Waals surface area contributed by atoms with E-state index >= 15 is 0 Å². The number of ether oxygens (including phenoxy) is 2. The van der Waals surface area contributed by atoms with Crippen LogP contribution in [0.1, 0.15) is 24.8 Å². The minimum atomic E-state index is -0.0162. The van der Waals surface area contributed by atoms with E-state index in [0.29, 0.717) is 12.2 Å². The molecule has 2 aliphatic heterocycles. The Kier molecular flexibility index (Phi) is 4.55. The van der Waals surface area contributed by atoms with Crippen LogP contribution >= 0.6 is 11.8 Å². The molecule has 3 nitrogen and oxygen atoms in total. The molecule has 2 heterocycles. The lowest BCUT2D eigenvalue weighted by molar-refractivity contribution is -0.133. The maximum atomic E-state index is 12.6. The molecule has 0 aliphatic carbocycles. The van der Waals surface area contributed by atoms with Gasteiger partial charge in [-0.15, -0.1) is 0 Å². The van der Waals surface area contributed by atoms with Crippen LogP contribution in [0.3, 0.4) is 0 Å². The molecule has 2 fully saturated rings. The molecule has 0 saturated carbocycles. The van der Waals surface area contributed by atoms with Crippen molar-refractivity contribution in [3.8, 4) is 5.75 Å². The third-order valence-corrected chi connectivity index (χ3v) is 5.75. The van der Waals surface area contributed by atoms with E-state index < -0.39 is 0 Å². The van der Waals surface area contributed by atoms with E-state index in [9.17, 15) is 4.79 Å². The Hall–Kier alpha value is -1.00. The number of hydrogen-bond acceptors (Lipinski definition) is 4. The number of rotatable bonds is 4. The molecule has 0 amide bonds. The Labute approximate surface area is 130 Å². The van der Waals surface area contributed by atoms with Crippen LogP contribution in [-0.4, -0.2) is 36.6 Å². The summed E-state index contributed by atoms with van der Waals surface area (Å²) in [5, 5.41) is 0. The zero-order valence-corrected chi connectivity index (χ0v) is 13.3. The molecule has 0 bridgehead atoms. The van der Waals surface area contributed by atoms with Gasteiger partial charge in [0.05, 0.1) is 12.7 Å². The van der Waals surface area contributed by atoms with Gasteiger partial charge >= 0.3 is 0 Å². The second-order valence-electron chi connectivity index (χ2n) is 6.02. The Bertz CT molecular complexity index is 509. The van der Waals surface area contributed by atoms with Gasteiger partial charge in [0, 0.05) is 24.7 Å². The monoisotopic (exact) mass is 306 g/mol. The first-order valence-electron chi connectivity index (χ1n) is 7.58. The van der Waals surface area contributed by atoms with Crippen molar-refractivity contribution < 1.29 is 14.3 Å². The number of hydrogen-bond donors (Lipinski definition) is 0. The van der Waals surface area contributed by atoms with Gasteiger partial charge in [-0.2, -0.15) is 11.8 Å². The molecule has 2 unspecified atom stereocenters. The fourth-order valence-electron chi connectivity index (χ4n) is 3.29. The van der Waals surface area contributed by atoms with Gasteiger partial charge in [0.1, 0.15) is 11.5 Å². The van der Waals surface area contributed by atoms with Crippen molar-refractivity contribution in [3.05, 3.63) is 29.8 Å². The predicted octanol–water partition coefficient (Wildman–Crippen LogP) is 3.11. The number of methoxy groups -OCH3 is 1. The van der Waals surface area contributed by atoms with Gasteiger partial charge in [-0.25, -0.2) is 0 Å². The Balaban J connectivity index is 1.64. The van der Waals surface area contributed by atoms with Crippen molar-refractivity contribution in [2.24, 2.45) is 5.92 Å². The quantitative estimate of drug-likeness (QED) is 0.856. The molecule has 0 N–H and O–H groups in total. The van der Waals surface area contributed by atoms with E-state index in [1.165, 1.54) is 0 Å². The first kappa shape index (κ1) is 14.9. The first-order valence-corrected chi connectivity index (χ1v) is 8.74. The van der Waals surface area contributed by atoms with Crippen molar-refractivity contribution in [2.75, 3.05) is 25.2 Å². The molecule has 1 spiro atoms. The van der Waals surface area contributed by atoms with E-state index in [0.717, 1.165) is 48.7 Å². The minimum Gasteiger partial charge on any atom is -0.497 e. The first-order chi connectivity index (χ1) is 10.2. The number of benzene rings is 1. The summed E-state index contributed by atoms with van der Waals surface area (Å²) in [4.78, 5) is 12.6. The molecule has 2 atom stereocenters.